The van der Waals surface area contributed by atoms with E-state index in [0.29, 0.717) is 0 Å². The van der Waals surface area contributed by atoms with E-state index < -0.39 is 0 Å². The van der Waals surface area contributed by atoms with Crippen LogP contribution in [0.2, 0.25) is 0 Å². The van der Waals surface area contributed by atoms with Crippen molar-refractivity contribution in [1.29, 1.82) is 0 Å². The third-order valence-electron chi connectivity index (χ3n) is 10.6. The molecular weight excluding hydrogens is 603 g/mol. The summed E-state index contributed by atoms with van der Waals surface area (Å²) in [4.78, 5) is 4.33. The number of hydrogen-bond acceptors (Lipinski definition) is 1. The zero-order valence-corrected chi connectivity index (χ0v) is 27.6. The maximum atomic E-state index is 4.33. The molecule has 1 aromatic heterocycles. The SMILES string of the molecule is c1ccc(-c2ccc3c(c2)-c2cc(-c4cccc(-c5ccc6c(c5)-c5cc(-c7cccc(-c8cccnc8)c7)ccc5C6)c4)ccc2C3)cc1. The van der Waals surface area contributed by atoms with Gasteiger partial charge in [0.25, 0.3) is 0 Å². The molecule has 7 aromatic carbocycles. The van der Waals surface area contributed by atoms with E-state index in [1.807, 2.05) is 18.5 Å². The van der Waals surface area contributed by atoms with E-state index >= 15 is 0 Å². The first-order chi connectivity index (χ1) is 24.7. The van der Waals surface area contributed by atoms with Crippen molar-refractivity contribution in [2.24, 2.45) is 0 Å². The van der Waals surface area contributed by atoms with E-state index in [-0.39, 0.29) is 0 Å². The molecule has 0 radical (unpaired) electrons. The lowest BCUT2D eigenvalue weighted by Crippen LogP contribution is -1.86. The highest BCUT2D eigenvalue weighted by Crippen LogP contribution is 2.43. The normalized spacial score (nSPS) is 12.2. The molecule has 0 bridgehead atoms. The summed E-state index contributed by atoms with van der Waals surface area (Å²) in [6, 6.07) is 60.6. The van der Waals surface area contributed by atoms with Gasteiger partial charge in [-0.3, -0.25) is 4.98 Å². The van der Waals surface area contributed by atoms with Gasteiger partial charge in [0.05, 0.1) is 0 Å². The van der Waals surface area contributed by atoms with Crippen molar-refractivity contribution < 1.29 is 0 Å². The number of aromatic nitrogens is 1. The molecule has 234 valence electrons. The predicted molar refractivity (Wildman–Crippen MR) is 208 cm³/mol. The number of fused-ring (bicyclic) bond motifs is 6. The Kier molecular flexibility index (Phi) is 6.70. The fourth-order valence-corrected chi connectivity index (χ4v) is 7.97. The molecule has 0 aliphatic heterocycles. The van der Waals surface area contributed by atoms with Crippen LogP contribution in [0.1, 0.15) is 22.3 Å². The van der Waals surface area contributed by atoms with E-state index in [1.54, 1.807) is 0 Å². The molecule has 50 heavy (non-hydrogen) atoms. The van der Waals surface area contributed by atoms with Gasteiger partial charge in [0.15, 0.2) is 0 Å². The van der Waals surface area contributed by atoms with Gasteiger partial charge in [0.1, 0.15) is 0 Å². The van der Waals surface area contributed by atoms with Crippen molar-refractivity contribution in [3.8, 4) is 77.9 Å². The Balaban J connectivity index is 0.978. The third-order valence-corrected chi connectivity index (χ3v) is 10.6. The number of nitrogens with zero attached hydrogens (tertiary/aromatic N) is 1. The highest BCUT2D eigenvalue weighted by atomic mass is 14.6. The predicted octanol–water partition coefficient (Wildman–Crippen LogP) is 12.6. The number of benzene rings is 7. The minimum atomic E-state index is 0.976. The van der Waals surface area contributed by atoms with Crippen LogP contribution in [0.25, 0.3) is 77.9 Å². The van der Waals surface area contributed by atoms with Crippen molar-refractivity contribution in [2.75, 3.05) is 0 Å². The van der Waals surface area contributed by atoms with Crippen molar-refractivity contribution in [2.45, 2.75) is 12.8 Å². The van der Waals surface area contributed by atoms with Crippen LogP contribution in [0.4, 0.5) is 0 Å². The second-order valence-corrected chi connectivity index (χ2v) is 13.6. The van der Waals surface area contributed by atoms with E-state index in [4.69, 9.17) is 0 Å². The Morgan fingerprint density at radius 1 is 0.280 bits per heavy atom. The molecule has 2 aliphatic carbocycles. The monoisotopic (exact) mass is 635 g/mol. The number of rotatable bonds is 5. The zero-order chi connectivity index (χ0) is 33.0. The second kappa shape index (κ2) is 11.7. The summed E-state index contributed by atoms with van der Waals surface area (Å²) < 4.78 is 0. The third kappa shape index (κ3) is 4.98. The molecule has 0 atom stereocenters. The average molecular weight is 636 g/mol. The molecule has 1 heterocycles. The molecule has 2 aliphatic rings. The summed E-state index contributed by atoms with van der Waals surface area (Å²) >= 11 is 0. The maximum absolute atomic E-state index is 4.33. The van der Waals surface area contributed by atoms with Crippen molar-refractivity contribution >= 4 is 0 Å². The molecule has 0 unspecified atom stereocenters. The minimum Gasteiger partial charge on any atom is -0.264 e. The van der Waals surface area contributed by atoms with Gasteiger partial charge in [0, 0.05) is 18.0 Å². The van der Waals surface area contributed by atoms with Crippen LogP contribution < -0.4 is 0 Å². The Morgan fingerprint density at radius 3 is 1.06 bits per heavy atom. The summed E-state index contributed by atoms with van der Waals surface area (Å²) in [5.41, 5.74) is 23.3. The van der Waals surface area contributed by atoms with Gasteiger partial charge in [0.2, 0.25) is 0 Å². The highest BCUT2D eigenvalue weighted by molar-refractivity contribution is 5.88. The maximum Gasteiger partial charge on any atom is 0.0346 e. The molecule has 0 spiro atoms. The number of pyridine rings is 1. The Morgan fingerprint density at radius 2 is 0.640 bits per heavy atom. The highest BCUT2D eigenvalue weighted by Gasteiger charge is 2.22. The number of hydrogen-bond donors (Lipinski definition) is 0. The fraction of sp³-hybridized carbons (Fsp3) is 0.0408. The van der Waals surface area contributed by atoms with Gasteiger partial charge in [-0.05, 0) is 150 Å². The van der Waals surface area contributed by atoms with Crippen molar-refractivity contribution in [1.82, 2.24) is 4.98 Å². The second-order valence-electron chi connectivity index (χ2n) is 13.6. The summed E-state index contributed by atoms with van der Waals surface area (Å²) in [6.45, 7) is 0. The van der Waals surface area contributed by atoms with Crippen LogP contribution in [0.3, 0.4) is 0 Å². The first kappa shape index (κ1) is 28.7. The van der Waals surface area contributed by atoms with Crippen LogP contribution in [0.15, 0.2) is 176 Å². The largest absolute Gasteiger partial charge is 0.264 e. The Hall–Kier alpha value is -6.31. The Labute approximate surface area is 293 Å². The van der Waals surface area contributed by atoms with Gasteiger partial charge >= 0.3 is 0 Å². The fourth-order valence-electron chi connectivity index (χ4n) is 7.97. The minimum absolute atomic E-state index is 0.976. The molecule has 10 rings (SSSR count). The zero-order valence-electron chi connectivity index (χ0n) is 27.6. The summed E-state index contributed by atoms with van der Waals surface area (Å²) in [6.07, 6.45) is 5.72. The van der Waals surface area contributed by atoms with Gasteiger partial charge in [-0.2, -0.15) is 0 Å². The van der Waals surface area contributed by atoms with Crippen molar-refractivity contribution in [3.05, 3.63) is 198 Å². The molecular formula is C49H33N. The molecule has 0 saturated carbocycles. The summed E-state index contributed by atoms with van der Waals surface area (Å²) in [7, 11) is 0. The lowest BCUT2D eigenvalue weighted by atomic mass is 9.93. The van der Waals surface area contributed by atoms with E-state index in [9.17, 15) is 0 Å². The van der Waals surface area contributed by atoms with Gasteiger partial charge < -0.3 is 0 Å². The summed E-state index contributed by atoms with van der Waals surface area (Å²) in [5, 5.41) is 0. The van der Waals surface area contributed by atoms with Crippen LogP contribution in [0.5, 0.6) is 0 Å². The van der Waals surface area contributed by atoms with E-state index in [1.165, 1.54) is 94.6 Å². The molecule has 0 saturated heterocycles. The molecule has 1 heteroatoms. The van der Waals surface area contributed by atoms with E-state index in [2.05, 4.69) is 163 Å². The quantitative estimate of drug-likeness (QED) is 0.183. The van der Waals surface area contributed by atoms with Crippen LogP contribution in [0, 0.1) is 0 Å². The van der Waals surface area contributed by atoms with Crippen LogP contribution in [-0.2, 0) is 12.8 Å². The van der Waals surface area contributed by atoms with Crippen LogP contribution >= 0.6 is 0 Å². The molecule has 0 amide bonds. The van der Waals surface area contributed by atoms with Crippen LogP contribution in [-0.4, -0.2) is 4.98 Å². The molecule has 8 aromatic rings. The average Bonchev–Trinajstić information content (AvgIpc) is 3.75. The summed E-state index contributed by atoms with van der Waals surface area (Å²) in [5.74, 6) is 0. The van der Waals surface area contributed by atoms with E-state index in [0.717, 1.165) is 18.4 Å². The van der Waals surface area contributed by atoms with Crippen molar-refractivity contribution in [3.63, 3.8) is 0 Å². The molecule has 1 nitrogen and oxygen atoms in total. The van der Waals surface area contributed by atoms with Gasteiger partial charge in [-0.1, -0.05) is 121 Å². The molecule has 0 N–H and O–H groups in total. The standard InChI is InChI=1S/C49H33N/c1-2-7-32(8-3-1)37-14-18-41-25-42-19-15-38(28-47(42)46(41)27-37)33-9-4-10-34(23-33)39-16-20-43-26-44-21-17-40(30-49(44)48(43)29-39)35-11-5-12-36(24-35)45-13-6-22-50-31-45/h1-24,27-31H,25-26H2. The van der Waals surface area contributed by atoms with Gasteiger partial charge in [-0.15, -0.1) is 0 Å². The first-order valence-electron chi connectivity index (χ1n) is 17.4. The lowest BCUT2D eigenvalue weighted by Gasteiger charge is -2.11. The Bertz CT molecular complexity index is 2580. The first-order valence-corrected chi connectivity index (χ1v) is 17.4. The lowest BCUT2D eigenvalue weighted by molar-refractivity contribution is 1.26. The smallest absolute Gasteiger partial charge is 0.0346 e. The topological polar surface area (TPSA) is 12.9 Å². The van der Waals surface area contributed by atoms with Gasteiger partial charge in [-0.25, -0.2) is 0 Å². The molecule has 0 fully saturated rings.